The molecule has 0 aliphatic carbocycles. The van der Waals surface area contributed by atoms with Crippen molar-refractivity contribution in [2.45, 2.75) is 12.7 Å². The molecule has 5 rings (SSSR count). The summed E-state index contributed by atoms with van der Waals surface area (Å²) in [5.74, 6) is -0.211. The normalized spacial score (nSPS) is 14.0. The lowest BCUT2D eigenvalue weighted by Gasteiger charge is -2.35. The second-order valence-electron chi connectivity index (χ2n) is 8.76. The second-order valence-corrected chi connectivity index (χ2v) is 8.76. The lowest BCUT2D eigenvalue weighted by Crippen LogP contribution is -2.50. The van der Waals surface area contributed by atoms with Crippen LogP contribution < -0.4 is 9.64 Å². The Morgan fingerprint density at radius 1 is 0.974 bits per heavy atom. The number of halogens is 4. The van der Waals surface area contributed by atoms with Gasteiger partial charge in [0.1, 0.15) is 24.5 Å². The Hall–Kier alpha value is -4.55. The molecule has 1 saturated heterocycles. The summed E-state index contributed by atoms with van der Waals surface area (Å²) < 4.78 is 60.2. The van der Waals surface area contributed by atoms with Crippen LogP contribution in [0.2, 0.25) is 0 Å². The number of amides is 1. The van der Waals surface area contributed by atoms with Gasteiger partial charge in [-0.1, -0.05) is 30.3 Å². The lowest BCUT2D eigenvalue weighted by atomic mass is 10.1. The number of nitrogens with zero attached hydrogens (tertiary/aromatic N) is 7. The van der Waals surface area contributed by atoms with Gasteiger partial charge in [0, 0.05) is 43.4 Å². The number of methoxy groups -OCH3 is 1. The molecule has 1 amide bonds. The zero-order valence-electron chi connectivity index (χ0n) is 20.8. The van der Waals surface area contributed by atoms with E-state index in [1.807, 2.05) is 4.90 Å². The molecule has 1 aliphatic heterocycles. The Morgan fingerprint density at radius 3 is 2.41 bits per heavy atom. The van der Waals surface area contributed by atoms with E-state index < -0.39 is 17.6 Å². The predicted octanol–water partition coefficient (Wildman–Crippen LogP) is 3.92. The Kier molecular flexibility index (Phi) is 7.13. The number of piperazine rings is 1. The number of benzene rings is 2. The van der Waals surface area contributed by atoms with Crippen LogP contribution in [0.4, 0.5) is 23.4 Å². The molecule has 1 fully saturated rings. The fourth-order valence-electron chi connectivity index (χ4n) is 4.28. The van der Waals surface area contributed by atoms with E-state index in [1.54, 1.807) is 41.3 Å². The maximum absolute atomic E-state index is 13.8. The molecule has 39 heavy (non-hydrogen) atoms. The maximum Gasteiger partial charge on any atom is 0.419 e. The zero-order valence-corrected chi connectivity index (χ0v) is 20.8. The summed E-state index contributed by atoms with van der Waals surface area (Å²) in [5, 5.41) is 4.35. The Labute approximate surface area is 220 Å². The van der Waals surface area contributed by atoms with Crippen LogP contribution in [0.3, 0.4) is 0 Å². The van der Waals surface area contributed by atoms with E-state index in [0.717, 1.165) is 6.07 Å². The highest BCUT2D eigenvalue weighted by atomic mass is 19.4. The van der Waals surface area contributed by atoms with Gasteiger partial charge < -0.3 is 14.5 Å². The average molecular weight is 542 g/mol. The van der Waals surface area contributed by atoms with Crippen LogP contribution in [0.1, 0.15) is 5.56 Å². The largest absolute Gasteiger partial charge is 0.481 e. The quantitative estimate of drug-likeness (QED) is 0.342. The number of ether oxygens (including phenoxy) is 1. The van der Waals surface area contributed by atoms with Crippen molar-refractivity contribution in [1.82, 2.24) is 29.6 Å². The van der Waals surface area contributed by atoms with Crippen molar-refractivity contribution in [3.05, 3.63) is 72.3 Å². The third-order valence-electron chi connectivity index (χ3n) is 6.31. The van der Waals surface area contributed by atoms with Crippen LogP contribution in [0.25, 0.3) is 22.8 Å². The minimum atomic E-state index is -4.88. The summed E-state index contributed by atoms with van der Waals surface area (Å²) >= 11 is 0. The van der Waals surface area contributed by atoms with Crippen molar-refractivity contribution >= 4 is 11.7 Å². The van der Waals surface area contributed by atoms with Gasteiger partial charge >= 0.3 is 6.18 Å². The number of rotatable bonds is 6. The van der Waals surface area contributed by atoms with Crippen molar-refractivity contribution < 1.29 is 27.1 Å². The maximum atomic E-state index is 13.8. The Morgan fingerprint density at radius 2 is 1.72 bits per heavy atom. The van der Waals surface area contributed by atoms with E-state index >= 15 is 0 Å². The van der Waals surface area contributed by atoms with Gasteiger partial charge in [0.25, 0.3) is 0 Å². The van der Waals surface area contributed by atoms with Gasteiger partial charge in [-0.2, -0.15) is 13.2 Å². The molecular formula is C26H23F4N7O2. The van der Waals surface area contributed by atoms with E-state index in [4.69, 9.17) is 4.74 Å². The van der Waals surface area contributed by atoms with E-state index in [-0.39, 0.29) is 23.8 Å². The van der Waals surface area contributed by atoms with Gasteiger partial charge in [-0.05, 0) is 18.2 Å². The number of hydrogen-bond donors (Lipinski definition) is 0. The van der Waals surface area contributed by atoms with Gasteiger partial charge in [0.2, 0.25) is 11.8 Å². The molecule has 0 atom stereocenters. The summed E-state index contributed by atoms with van der Waals surface area (Å²) in [6.45, 7) is 1.76. The SMILES string of the molecule is COc1cc(N2CCN(C(=O)Cn3nc(-c4ccc(F)c(C(F)(F)F)c4)nc3-c3ccccc3)CC2)ncn1. The average Bonchev–Trinajstić information content (AvgIpc) is 3.37. The molecule has 9 nitrogen and oxygen atoms in total. The number of carbonyl (C=O) groups is 1. The number of alkyl halides is 3. The fraction of sp³-hybridized carbons (Fsp3) is 0.269. The van der Waals surface area contributed by atoms with Crippen molar-refractivity contribution in [2.24, 2.45) is 0 Å². The van der Waals surface area contributed by atoms with Crippen molar-refractivity contribution in [3.63, 3.8) is 0 Å². The standard InChI is InChI=1S/C26H23F4N7O2/c1-39-22-14-21(31-16-32-22)35-9-11-36(12-10-35)23(38)15-37-25(17-5-3-2-4-6-17)33-24(34-37)18-7-8-20(27)19(13-18)26(28,29)30/h2-8,13-14,16H,9-12,15H2,1H3. The summed E-state index contributed by atoms with van der Waals surface area (Å²) in [5.41, 5.74) is -0.793. The van der Waals surface area contributed by atoms with E-state index in [0.29, 0.717) is 55.3 Å². The second kappa shape index (κ2) is 10.7. The summed E-state index contributed by atoms with van der Waals surface area (Å²) in [4.78, 5) is 29.6. The van der Waals surface area contributed by atoms with Crippen molar-refractivity contribution in [3.8, 4) is 28.7 Å². The van der Waals surface area contributed by atoms with Gasteiger partial charge in [0.05, 0.1) is 12.7 Å². The van der Waals surface area contributed by atoms with Gasteiger partial charge in [0.15, 0.2) is 11.6 Å². The first kappa shape index (κ1) is 26.1. The Balaban J connectivity index is 1.37. The van der Waals surface area contributed by atoms with Crippen LogP contribution in [0, 0.1) is 5.82 Å². The van der Waals surface area contributed by atoms with Crippen LogP contribution in [-0.2, 0) is 17.5 Å². The number of aromatic nitrogens is 5. The van der Waals surface area contributed by atoms with Crippen molar-refractivity contribution in [1.29, 1.82) is 0 Å². The van der Waals surface area contributed by atoms with Crippen LogP contribution in [0.5, 0.6) is 5.88 Å². The highest BCUT2D eigenvalue weighted by molar-refractivity contribution is 5.77. The topological polar surface area (TPSA) is 89.3 Å². The summed E-state index contributed by atoms with van der Waals surface area (Å²) in [7, 11) is 1.52. The molecule has 2 aromatic heterocycles. The highest BCUT2D eigenvalue weighted by Crippen LogP contribution is 2.34. The number of hydrogen-bond acceptors (Lipinski definition) is 7. The summed E-state index contributed by atoms with van der Waals surface area (Å²) in [6, 6.07) is 13.2. The highest BCUT2D eigenvalue weighted by Gasteiger charge is 2.34. The third-order valence-corrected chi connectivity index (χ3v) is 6.31. The van der Waals surface area contributed by atoms with Crippen LogP contribution >= 0.6 is 0 Å². The smallest absolute Gasteiger partial charge is 0.419 e. The molecule has 0 unspecified atom stereocenters. The molecular weight excluding hydrogens is 518 g/mol. The number of anilines is 1. The lowest BCUT2D eigenvalue weighted by molar-refractivity contribution is -0.140. The van der Waals surface area contributed by atoms with Crippen molar-refractivity contribution in [2.75, 3.05) is 38.2 Å². The Bertz CT molecular complexity index is 1470. The molecule has 4 aromatic rings. The summed E-state index contributed by atoms with van der Waals surface area (Å²) in [6.07, 6.45) is -3.46. The molecule has 202 valence electrons. The first-order chi connectivity index (χ1) is 18.7. The molecule has 0 radical (unpaired) electrons. The minimum absolute atomic E-state index is 0.0130. The first-order valence-electron chi connectivity index (χ1n) is 12.0. The molecule has 0 N–H and O–H groups in total. The zero-order chi connectivity index (χ0) is 27.6. The molecule has 0 spiro atoms. The monoisotopic (exact) mass is 541 g/mol. The molecule has 1 aliphatic rings. The fourth-order valence-corrected chi connectivity index (χ4v) is 4.28. The van der Waals surface area contributed by atoms with Gasteiger partial charge in [-0.15, -0.1) is 5.10 Å². The van der Waals surface area contributed by atoms with Crippen LogP contribution in [-0.4, -0.2) is 68.8 Å². The van der Waals surface area contributed by atoms with Gasteiger partial charge in [-0.3, -0.25) is 4.79 Å². The first-order valence-corrected chi connectivity index (χ1v) is 12.0. The molecule has 13 heteroatoms. The minimum Gasteiger partial charge on any atom is -0.481 e. The van der Waals surface area contributed by atoms with Crippen LogP contribution in [0.15, 0.2) is 60.9 Å². The predicted molar refractivity (Wildman–Crippen MR) is 133 cm³/mol. The molecule has 3 heterocycles. The van der Waals surface area contributed by atoms with E-state index in [2.05, 4.69) is 20.1 Å². The van der Waals surface area contributed by atoms with Gasteiger partial charge in [-0.25, -0.2) is 24.0 Å². The third kappa shape index (κ3) is 5.66. The number of carbonyl (C=O) groups excluding carboxylic acids is 1. The molecule has 0 saturated carbocycles. The molecule has 2 aromatic carbocycles. The van der Waals surface area contributed by atoms with E-state index in [9.17, 15) is 22.4 Å². The molecule has 0 bridgehead atoms. The van der Waals surface area contributed by atoms with E-state index in [1.165, 1.54) is 24.2 Å².